The van der Waals surface area contributed by atoms with Gasteiger partial charge in [-0.3, -0.25) is 14.5 Å². The molecule has 1 aliphatic heterocycles. The Labute approximate surface area is 195 Å². The van der Waals surface area contributed by atoms with Crippen LogP contribution in [-0.4, -0.2) is 46.3 Å². The number of carbonyl (C=O) groups excluding carboxylic acids is 2. The zero-order valence-electron chi connectivity index (χ0n) is 17.3. The molecule has 164 valence electrons. The SMILES string of the molecule is O=C(CN1CCC1)Nc1cc(CSc2ncccc2C(=O)Nc2ccc(Cl)cc2)ccn1. The summed E-state index contributed by atoms with van der Waals surface area (Å²) in [6, 6.07) is 14.1. The Morgan fingerprint density at radius 3 is 2.59 bits per heavy atom. The number of anilines is 2. The van der Waals surface area contributed by atoms with Gasteiger partial charge in [-0.25, -0.2) is 9.97 Å². The number of carbonyl (C=O) groups is 2. The Balaban J connectivity index is 1.38. The number of nitrogens with zero attached hydrogens (tertiary/aromatic N) is 3. The number of halogens is 1. The molecule has 2 aromatic heterocycles. The van der Waals surface area contributed by atoms with Gasteiger partial charge in [-0.1, -0.05) is 11.6 Å². The lowest BCUT2D eigenvalue weighted by Crippen LogP contribution is -2.42. The molecule has 32 heavy (non-hydrogen) atoms. The van der Waals surface area contributed by atoms with Crippen LogP contribution < -0.4 is 10.6 Å². The predicted molar refractivity (Wildman–Crippen MR) is 127 cm³/mol. The van der Waals surface area contributed by atoms with Crippen molar-refractivity contribution in [1.29, 1.82) is 0 Å². The number of hydrogen-bond acceptors (Lipinski definition) is 6. The van der Waals surface area contributed by atoms with E-state index in [-0.39, 0.29) is 11.8 Å². The molecule has 0 atom stereocenters. The number of pyridine rings is 2. The number of benzene rings is 1. The topological polar surface area (TPSA) is 87.2 Å². The summed E-state index contributed by atoms with van der Waals surface area (Å²) in [6.07, 6.45) is 4.47. The van der Waals surface area contributed by atoms with Crippen molar-refractivity contribution >= 4 is 46.7 Å². The fourth-order valence-corrected chi connectivity index (χ4v) is 4.18. The molecule has 1 saturated heterocycles. The monoisotopic (exact) mass is 467 g/mol. The first-order valence-corrected chi connectivity index (χ1v) is 11.5. The van der Waals surface area contributed by atoms with Crippen molar-refractivity contribution < 1.29 is 9.59 Å². The summed E-state index contributed by atoms with van der Waals surface area (Å²) in [5.41, 5.74) is 2.12. The molecule has 4 rings (SSSR count). The molecule has 2 N–H and O–H groups in total. The Morgan fingerprint density at radius 2 is 1.84 bits per heavy atom. The van der Waals surface area contributed by atoms with Gasteiger partial charge < -0.3 is 10.6 Å². The van der Waals surface area contributed by atoms with E-state index < -0.39 is 0 Å². The van der Waals surface area contributed by atoms with Crippen molar-refractivity contribution in [2.24, 2.45) is 0 Å². The van der Waals surface area contributed by atoms with Gasteiger partial charge in [-0.2, -0.15) is 0 Å². The largest absolute Gasteiger partial charge is 0.322 e. The smallest absolute Gasteiger partial charge is 0.258 e. The maximum Gasteiger partial charge on any atom is 0.258 e. The van der Waals surface area contributed by atoms with Gasteiger partial charge in [-0.15, -0.1) is 11.8 Å². The highest BCUT2D eigenvalue weighted by molar-refractivity contribution is 7.98. The fraction of sp³-hybridized carbons (Fsp3) is 0.217. The number of likely N-dealkylation sites (tertiary alicyclic amines) is 1. The second kappa shape index (κ2) is 10.6. The van der Waals surface area contributed by atoms with Crippen LogP contribution in [0.3, 0.4) is 0 Å². The Hall–Kier alpha value is -2.94. The molecular formula is C23H22ClN5O2S. The van der Waals surface area contributed by atoms with Crippen molar-refractivity contribution in [3.05, 3.63) is 77.1 Å². The number of aromatic nitrogens is 2. The van der Waals surface area contributed by atoms with Gasteiger partial charge in [0.1, 0.15) is 10.8 Å². The molecule has 1 fully saturated rings. The van der Waals surface area contributed by atoms with Gasteiger partial charge in [0.15, 0.2) is 0 Å². The van der Waals surface area contributed by atoms with Gasteiger partial charge in [0.05, 0.1) is 12.1 Å². The minimum Gasteiger partial charge on any atom is -0.322 e. The maximum absolute atomic E-state index is 12.8. The van der Waals surface area contributed by atoms with Crippen molar-refractivity contribution in [3.8, 4) is 0 Å². The van der Waals surface area contributed by atoms with Crippen molar-refractivity contribution in [3.63, 3.8) is 0 Å². The lowest BCUT2D eigenvalue weighted by Gasteiger charge is -2.29. The van der Waals surface area contributed by atoms with Gasteiger partial charge >= 0.3 is 0 Å². The number of rotatable bonds is 8. The molecule has 1 aromatic carbocycles. The van der Waals surface area contributed by atoms with Crippen LogP contribution in [0.1, 0.15) is 22.3 Å². The van der Waals surface area contributed by atoms with Crippen LogP contribution >= 0.6 is 23.4 Å². The summed E-state index contributed by atoms with van der Waals surface area (Å²) in [4.78, 5) is 35.6. The molecule has 0 aliphatic carbocycles. The molecular weight excluding hydrogens is 446 g/mol. The lowest BCUT2D eigenvalue weighted by molar-refractivity contribution is -0.118. The van der Waals surface area contributed by atoms with E-state index in [1.807, 2.05) is 12.1 Å². The third-order valence-corrected chi connectivity index (χ3v) is 6.23. The fourth-order valence-electron chi connectivity index (χ4n) is 3.12. The average molecular weight is 468 g/mol. The molecule has 0 spiro atoms. The first-order valence-electron chi connectivity index (χ1n) is 10.2. The highest BCUT2D eigenvalue weighted by Gasteiger charge is 2.17. The van der Waals surface area contributed by atoms with E-state index in [0.29, 0.717) is 39.4 Å². The summed E-state index contributed by atoms with van der Waals surface area (Å²) in [5, 5.41) is 6.95. The van der Waals surface area contributed by atoms with E-state index in [1.54, 1.807) is 48.8 Å². The maximum atomic E-state index is 12.8. The number of thioether (sulfide) groups is 1. The number of hydrogen-bond donors (Lipinski definition) is 2. The predicted octanol–water partition coefficient (Wildman–Crippen LogP) is 4.32. The number of amides is 2. The zero-order valence-corrected chi connectivity index (χ0v) is 18.8. The van der Waals surface area contributed by atoms with E-state index in [0.717, 1.165) is 25.1 Å². The van der Waals surface area contributed by atoms with E-state index in [4.69, 9.17) is 11.6 Å². The van der Waals surface area contributed by atoms with Crippen LogP contribution in [0.25, 0.3) is 0 Å². The summed E-state index contributed by atoms with van der Waals surface area (Å²) in [7, 11) is 0. The Kier molecular flexibility index (Phi) is 7.36. The molecule has 0 saturated carbocycles. The second-order valence-electron chi connectivity index (χ2n) is 7.33. The minimum absolute atomic E-state index is 0.0621. The van der Waals surface area contributed by atoms with Crippen molar-refractivity contribution in [2.75, 3.05) is 30.3 Å². The first-order chi connectivity index (χ1) is 15.6. The molecule has 0 bridgehead atoms. The van der Waals surface area contributed by atoms with E-state index in [2.05, 4.69) is 25.5 Å². The van der Waals surface area contributed by atoms with Gasteiger partial charge in [-0.05, 0) is 73.6 Å². The van der Waals surface area contributed by atoms with Crippen LogP contribution in [0.4, 0.5) is 11.5 Å². The van der Waals surface area contributed by atoms with Crippen LogP contribution in [-0.2, 0) is 10.5 Å². The van der Waals surface area contributed by atoms with E-state index in [1.165, 1.54) is 11.8 Å². The first kappa shape index (κ1) is 22.3. The average Bonchev–Trinajstić information content (AvgIpc) is 2.77. The Morgan fingerprint density at radius 1 is 1.03 bits per heavy atom. The van der Waals surface area contributed by atoms with Gasteiger partial charge in [0, 0.05) is 28.9 Å². The van der Waals surface area contributed by atoms with Crippen LogP contribution in [0.15, 0.2) is 66.0 Å². The third-order valence-electron chi connectivity index (χ3n) is 4.90. The summed E-state index contributed by atoms with van der Waals surface area (Å²) in [5.74, 6) is 0.801. The van der Waals surface area contributed by atoms with E-state index >= 15 is 0 Å². The zero-order chi connectivity index (χ0) is 22.3. The van der Waals surface area contributed by atoms with Gasteiger partial charge in [0.25, 0.3) is 5.91 Å². The molecule has 2 amide bonds. The van der Waals surface area contributed by atoms with Crippen LogP contribution in [0, 0.1) is 0 Å². The highest BCUT2D eigenvalue weighted by Crippen LogP contribution is 2.26. The highest BCUT2D eigenvalue weighted by atomic mass is 35.5. The number of nitrogens with one attached hydrogen (secondary N) is 2. The quantitative estimate of drug-likeness (QED) is 0.480. The Bertz CT molecular complexity index is 1110. The second-order valence-corrected chi connectivity index (χ2v) is 8.73. The molecule has 7 nitrogen and oxygen atoms in total. The molecule has 0 unspecified atom stereocenters. The van der Waals surface area contributed by atoms with Crippen molar-refractivity contribution in [2.45, 2.75) is 17.2 Å². The molecule has 0 radical (unpaired) electrons. The summed E-state index contributed by atoms with van der Waals surface area (Å²) < 4.78 is 0. The standard InChI is InChI=1S/C23H22ClN5O2S/c24-17-4-6-18(7-5-17)27-22(31)19-3-1-9-26-23(19)32-15-16-8-10-25-20(13-16)28-21(30)14-29-11-2-12-29/h1,3-10,13H,2,11-12,14-15H2,(H,27,31)(H,25,28,30). The minimum atomic E-state index is -0.239. The summed E-state index contributed by atoms with van der Waals surface area (Å²) in [6.45, 7) is 2.33. The molecule has 1 aliphatic rings. The molecule has 3 aromatic rings. The van der Waals surface area contributed by atoms with E-state index in [9.17, 15) is 9.59 Å². The molecule has 3 heterocycles. The summed E-state index contributed by atoms with van der Waals surface area (Å²) >= 11 is 7.36. The normalized spacial score (nSPS) is 13.3. The van der Waals surface area contributed by atoms with Crippen LogP contribution in [0.2, 0.25) is 5.02 Å². The lowest BCUT2D eigenvalue weighted by atomic mass is 10.2. The molecule has 9 heteroatoms. The van der Waals surface area contributed by atoms with Crippen LogP contribution in [0.5, 0.6) is 0 Å². The third kappa shape index (κ3) is 6.06. The van der Waals surface area contributed by atoms with Crippen molar-refractivity contribution in [1.82, 2.24) is 14.9 Å². The van der Waals surface area contributed by atoms with Gasteiger partial charge in [0.2, 0.25) is 5.91 Å².